The van der Waals surface area contributed by atoms with Crippen molar-refractivity contribution < 1.29 is 19.4 Å². The normalized spacial score (nSPS) is 17.0. The minimum absolute atomic E-state index is 0.129. The molecule has 1 N–H and O–H groups in total. The highest BCUT2D eigenvalue weighted by atomic mass is 32.2. The number of nitrogens with zero attached hydrogens (tertiary/aromatic N) is 2. The number of amidine groups is 1. The van der Waals surface area contributed by atoms with Crippen LogP contribution in [-0.4, -0.2) is 40.7 Å². The van der Waals surface area contributed by atoms with Gasteiger partial charge >= 0.3 is 5.97 Å². The van der Waals surface area contributed by atoms with Crippen LogP contribution in [0.1, 0.15) is 22.8 Å². The summed E-state index contributed by atoms with van der Waals surface area (Å²) in [4.78, 5) is 30.8. The van der Waals surface area contributed by atoms with Gasteiger partial charge in [-0.2, -0.15) is 0 Å². The zero-order valence-electron chi connectivity index (χ0n) is 14.9. The number of rotatable bonds is 4. The molecule has 0 aliphatic carbocycles. The molecule has 1 heterocycles. The third-order valence-electron chi connectivity index (χ3n) is 3.89. The maximum absolute atomic E-state index is 12.6. The molecule has 1 fully saturated rings. The maximum atomic E-state index is 12.6. The van der Waals surface area contributed by atoms with Gasteiger partial charge in [0.05, 0.1) is 23.3 Å². The molecule has 0 saturated carbocycles. The fourth-order valence-corrected chi connectivity index (χ4v) is 3.60. The number of carbonyl (C=O) groups excluding carboxylic acids is 2. The largest absolute Gasteiger partial charge is 0.508 e. The molecule has 1 amide bonds. The number of benzene rings is 2. The van der Waals surface area contributed by atoms with Crippen LogP contribution in [0.25, 0.3) is 6.08 Å². The third kappa shape index (κ3) is 4.20. The first-order valence-corrected chi connectivity index (χ1v) is 9.11. The molecule has 27 heavy (non-hydrogen) atoms. The molecule has 0 aromatic heterocycles. The predicted molar refractivity (Wildman–Crippen MR) is 106 cm³/mol. The zero-order chi connectivity index (χ0) is 19.4. The highest BCUT2D eigenvalue weighted by molar-refractivity contribution is 8.18. The van der Waals surface area contributed by atoms with Crippen molar-refractivity contribution in [2.24, 2.45) is 4.99 Å². The van der Waals surface area contributed by atoms with E-state index >= 15 is 0 Å². The Bertz CT molecular complexity index is 935. The number of hydrogen-bond acceptors (Lipinski definition) is 6. The highest BCUT2D eigenvalue weighted by Crippen LogP contribution is 2.34. The number of aliphatic imine (C=N–C) groups is 1. The van der Waals surface area contributed by atoms with E-state index in [0.717, 1.165) is 5.56 Å². The van der Waals surface area contributed by atoms with Gasteiger partial charge in [0.15, 0.2) is 5.17 Å². The average molecular weight is 382 g/mol. The van der Waals surface area contributed by atoms with Crippen LogP contribution in [0.4, 0.5) is 5.69 Å². The average Bonchev–Trinajstić information content (AvgIpc) is 2.96. The molecule has 6 nitrogen and oxygen atoms in total. The summed E-state index contributed by atoms with van der Waals surface area (Å²) in [5.74, 6) is -0.395. The number of ether oxygens (including phenoxy) is 1. The van der Waals surface area contributed by atoms with Crippen molar-refractivity contribution in [3.63, 3.8) is 0 Å². The highest BCUT2D eigenvalue weighted by Gasteiger charge is 2.32. The molecule has 2 aromatic rings. The lowest BCUT2D eigenvalue weighted by molar-refractivity contribution is -0.122. The second-order valence-electron chi connectivity index (χ2n) is 5.69. The molecule has 1 saturated heterocycles. The van der Waals surface area contributed by atoms with Crippen LogP contribution in [0.3, 0.4) is 0 Å². The molecule has 0 spiro atoms. The molecular weight excluding hydrogens is 364 g/mol. The first kappa shape index (κ1) is 18.7. The smallest absolute Gasteiger partial charge is 0.337 e. The van der Waals surface area contributed by atoms with E-state index in [9.17, 15) is 14.7 Å². The second-order valence-corrected chi connectivity index (χ2v) is 6.70. The Morgan fingerprint density at radius 2 is 2.00 bits per heavy atom. The molecule has 2 aromatic carbocycles. The number of amides is 1. The number of esters is 1. The molecule has 7 heteroatoms. The fourth-order valence-electron chi connectivity index (χ4n) is 2.54. The summed E-state index contributed by atoms with van der Waals surface area (Å²) in [5, 5.41) is 10.2. The molecular formula is C20H18N2O4S. The van der Waals surface area contributed by atoms with Crippen LogP contribution < -0.4 is 0 Å². The van der Waals surface area contributed by atoms with Gasteiger partial charge in [-0.25, -0.2) is 9.79 Å². The van der Waals surface area contributed by atoms with E-state index in [2.05, 4.69) is 9.73 Å². The third-order valence-corrected chi connectivity index (χ3v) is 4.89. The first-order chi connectivity index (χ1) is 13.0. The van der Waals surface area contributed by atoms with Gasteiger partial charge in [-0.05, 0) is 66.7 Å². The van der Waals surface area contributed by atoms with Gasteiger partial charge in [-0.3, -0.25) is 9.69 Å². The summed E-state index contributed by atoms with van der Waals surface area (Å²) in [7, 11) is 1.33. The van der Waals surface area contributed by atoms with Gasteiger partial charge in [-0.15, -0.1) is 0 Å². The van der Waals surface area contributed by atoms with Crippen LogP contribution in [0.15, 0.2) is 58.4 Å². The summed E-state index contributed by atoms with van der Waals surface area (Å²) in [6.07, 6.45) is 1.73. The second kappa shape index (κ2) is 8.09. The Kier molecular flexibility index (Phi) is 5.61. The summed E-state index contributed by atoms with van der Waals surface area (Å²) >= 11 is 1.28. The Morgan fingerprint density at radius 3 is 2.63 bits per heavy atom. The lowest BCUT2D eigenvalue weighted by atomic mass is 10.2. The van der Waals surface area contributed by atoms with Crippen LogP contribution >= 0.6 is 11.8 Å². The van der Waals surface area contributed by atoms with Crippen molar-refractivity contribution in [2.75, 3.05) is 13.7 Å². The Hall–Kier alpha value is -3.06. The van der Waals surface area contributed by atoms with E-state index in [4.69, 9.17) is 0 Å². The Balaban J connectivity index is 1.88. The minimum Gasteiger partial charge on any atom is -0.508 e. The SMILES string of the molecule is CCN1C(=O)/C(=C\c2cccc(O)c2)SC1=Nc1ccc(C(=O)OC)cc1. The van der Waals surface area contributed by atoms with Crippen molar-refractivity contribution in [1.29, 1.82) is 0 Å². The standard InChI is InChI=1S/C20H18N2O4S/c1-3-22-18(24)17(12-13-5-4-6-16(23)11-13)27-20(22)21-15-9-7-14(8-10-15)19(25)26-2/h4-12,23H,3H2,1-2H3/b17-12+,21-20?. The summed E-state index contributed by atoms with van der Waals surface area (Å²) in [6, 6.07) is 13.4. The van der Waals surface area contributed by atoms with Gasteiger partial charge in [0, 0.05) is 6.54 Å². The number of phenolic OH excluding ortho intramolecular Hbond substituents is 1. The maximum Gasteiger partial charge on any atom is 0.337 e. The van der Waals surface area contributed by atoms with Gasteiger partial charge < -0.3 is 9.84 Å². The van der Waals surface area contributed by atoms with E-state index in [0.29, 0.717) is 27.9 Å². The number of thioether (sulfide) groups is 1. The van der Waals surface area contributed by atoms with E-state index < -0.39 is 5.97 Å². The zero-order valence-corrected chi connectivity index (χ0v) is 15.7. The van der Waals surface area contributed by atoms with E-state index in [1.54, 1.807) is 53.4 Å². The molecule has 0 atom stereocenters. The number of hydrogen-bond donors (Lipinski definition) is 1. The molecule has 1 aliphatic heterocycles. The molecule has 1 aliphatic rings. The monoisotopic (exact) mass is 382 g/mol. The number of phenols is 1. The van der Waals surface area contributed by atoms with Crippen molar-refractivity contribution in [3.05, 3.63) is 64.6 Å². The van der Waals surface area contributed by atoms with Crippen LogP contribution in [0.2, 0.25) is 0 Å². The summed E-state index contributed by atoms with van der Waals surface area (Å²) < 4.78 is 4.68. The Labute approximate surface area is 161 Å². The number of likely N-dealkylation sites (N-methyl/N-ethyl adjacent to an activating group) is 1. The van der Waals surface area contributed by atoms with Crippen molar-refractivity contribution in [1.82, 2.24) is 4.90 Å². The lowest BCUT2D eigenvalue weighted by Gasteiger charge is -2.12. The first-order valence-electron chi connectivity index (χ1n) is 8.29. The van der Waals surface area contributed by atoms with Crippen molar-refractivity contribution in [2.45, 2.75) is 6.92 Å². The molecule has 0 radical (unpaired) electrons. The van der Waals surface area contributed by atoms with Gasteiger partial charge in [-0.1, -0.05) is 12.1 Å². The molecule has 3 rings (SSSR count). The lowest BCUT2D eigenvalue weighted by Crippen LogP contribution is -2.28. The Morgan fingerprint density at radius 1 is 1.26 bits per heavy atom. The van der Waals surface area contributed by atoms with E-state index in [1.165, 1.54) is 18.9 Å². The summed E-state index contributed by atoms with van der Waals surface area (Å²) in [6.45, 7) is 2.37. The summed E-state index contributed by atoms with van der Waals surface area (Å²) in [5.41, 5.74) is 1.81. The van der Waals surface area contributed by atoms with Crippen LogP contribution in [0.5, 0.6) is 5.75 Å². The van der Waals surface area contributed by atoms with Crippen molar-refractivity contribution in [3.8, 4) is 5.75 Å². The predicted octanol–water partition coefficient (Wildman–Crippen LogP) is 3.80. The molecule has 0 bridgehead atoms. The van der Waals surface area contributed by atoms with Crippen LogP contribution in [-0.2, 0) is 9.53 Å². The quantitative estimate of drug-likeness (QED) is 0.643. The van der Waals surface area contributed by atoms with Crippen molar-refractivity contribution >= 4 is 40.6 Å². The van der Waals surface area contributed by atoms with Crippen LogP contribution in [0, 0.1) is 0 Å². The van der Waals surface area contributed by atoms with E-state index in [-0.39, 0.29) is 11.7 Å². The number of methoxy groups -OCH3 is 1. The topological polar surface area (TPSA) is 79.2 Å². The minimum atomic E-state index is -0.411. The number of aromatic hydroxyl groups is 1. The number of carbonyl (C=O) groups is 2. The molecule has 0 unspecified atom stereocenters. The van der Waals surface area contributed by atoms with Gasteiger partial charge in [0.1, 0.15) is 5.75 Å². The van der Waals surface area contributed by atoms with E-state index in [1.807, 2.05) is 13.0 Å². The fraction of sp³-hybridized carbons (Fsp3) is 0.150. The van der Waals surface area contributed by atoms with Gasteiger partial charge in [0.25, 0.3) is 5.91 Å². The molecule has 138 valence electrons. The van der Waals surface area contributed by atoms with Gasteiger partial charge in [0.2, 0.25) is 0 Å².